The highest BCUT2D eigenvalue weighted by molar-refractivity contribution is 9.11. The Kier molecular flexibility index (Phi) is 10.7. The van der Waals surface area contributed by atoms with Crippen LogP contribution in [0.25, 0.3) is 0 Å². The molecule has 0 aliphatic carbocycles. The third kappa shape index (κ3) is 8.37. The molecule has 0 aliphatic rings. The molecular weight excluding hydrogens is 390 g/mol. The van der Waals surface area contributed by atoms with Crippen LogP contribution < -0.4 is 5.32 Å². The molecule has 1 N–H and O–H groups in total. The molecule has 1 aromatic rings. The van der Waals surface area contributed by atoms with Crippen molar-refractivity contribution in [3.8, 4) is 0 Å². The van der Waals surface area contributed by atoms with E-state index in [1.165, 1.54) is 61.4 Å². The molecule has 0 saturated carbocycles. The minimum absolute atomic E-state index is 0.400. The Morgan fingerprint density at radius 2 is 1.57 bits per heavy atom. The molecule has 1 nitrogen and oxygen atoms in total. The molecule has 0 aromatic heterocycles. The predicted octanol–water partition coefficient (Wildman–Crippen LogP) is 7.00. The second-order valence-electron chi connectivity index (χ2n) is 5.82. The van der Waals surface area contributed by atoms with Gasteiger partial charge in [0.15, 0.2) is 0 Å². The first-order chi connectivity index (χ1) is 10.1. The monoisotopic (exact) mass is 417 g/mol. The van der Waals surface area contributed by atoms with Gasteiger partial charge in [-0.15, -0.1) is 0 Å². The van der Waals surface area contributed by atoms with Crippen molar-refractivity contribution in [3.05, 3.63) is 32.7 Å². The van der Waals surface area contributed by atoms with E-state index in [1.54, 1.807) is 0 Å². The lowest BCUT2D eigenvalue weighted by molar-refractivity contribution is 0.521. The highest BCUT2D eigenvalue weighted by Crippen LogP contribution is 2.26. The van der Waals surface area contributed by atoms with E-state index >= 15 is 0 Å². The fourth-order valence-electron chi connectivity index (χ4n) is 2.54. The van der Waals surface area contributed by atoms with Gasteiger partial charge in [-0.2, -0.15) is 0 Å². The van der Waals surface area contributed by atoms with Gasteiger partial charge in [-0.1, -0.05) is 89.8 Å². The maximum atomic E-state index is 3.64. The number of nitrogens with one attached hydrogen (secondary N) is 1. The summed E-state index contributed by atoms with van der Waals surface area (Å²) < 4.78 is 2.29. The standard InChI is InChI=1S/C18H29Br2N/c1-3-4-5-6-7-8-9-10-13-21-15(2)17-12-11-16(19)14-18(17)20/h11-12,14-15,21H,3-10,13H2,1-2H3. The second-order valence-corrected chi connectivity index (χ2v) is 7.59. The first kappa shape index (κ1) is 19.2. The quantitative estimate of drug-likeness (QED) is 0.381. The largest absolute Gasteiger partial charge is 0.310 e. The number of hydrogen-bond acceptors (Lipinski definition) is 1. The van der Waals surface area contributed by atoms with Crippen LogP contribution in [0.5, 0.6) is 0 Å². The maximum Gasteiger partial charge on any atom is 0.0302 e. The van der Waals surface area contributed by atoms with Crippen molar-refractivity contribution >= 4 is 31.9 Å². The Bertz CT molecular complexity index is 393. The van der Waals surface area contributed by atoms with Gasteiger partial charge in [-0.25, -0.2) is 0 Å². The van der Waals surface area contributed by atoms with Crippen molar-refractivity contribution in [3.63, 3.8) is 0 Å². The SMILES string of the molecule is CCCCCCCCCCNC(C)c1ccc(Br)cc1Br. The van der Waals surface area contributed by atoms with Crippen molar-refractivity contribution in [2.75, 3.05) is 6.54 Å². The Morgan fingerprint density at radius 1 is 0.952 bits per heavy atom. The van der Waals surface area contributed by atoms with Gasteiger partial charge < -0.3 is 5.32 Å². The zero-order valence-electron chi connectivity index (χ0n) is 13.4. The molecule has 120 valence electrons. The topological polar surface area (TPSA) is 12.0 Å². The molecule has 1 aromatic carbocycles. The highest BCUT2D eigenvalue weighted by Gasteiger charge is 2.08. The van der Waals surface area contributed by atoms with E-state index < -0.39 is 0 Å². The van der Waals surface area contributed by atoms with Gasteiger partial charge in [0.25, 0.3) is 0 Å². The molecule has 0 radical (unpaired) electrons. The fourth-order valence-corrected chi connectivity index (χ4v) is 3.93. The lowest BCUT2D eigenvalue weighted by atomic mass is 10.1. The van der Waals surface area contributed by atoms with Crippen LogP contribution in [0.2, 0.25) is 0 Å². The number of rotatable bonds is 11. The van der Waals surface area contributed by atoms with Crippen molar-refractivity contribution in [1.82, 2.24) is 5.32 Å². The van der Waals surface area contributed by atoms with Gasteiger partial charge in [0.1, 0.15) is 0 Å². The molecule has 3 heteroatoms. The summed E-state index contributed by atoms with van der Waals surface area (Å²) in [4.78, 5) is 0. The minimum atomic E-state index is 0.400. The lowest BCUT2D eigenvalue weighted by Gasteiger charge is -2.16. The number of halogens is 2. The van der Waals surface area contributed by atoms with Gasteiger partial charge >= 0.3 is 0 Å². The summed E-state index contributed by atoms with van der Waals surface area (Å²) in [5.74, 6) is 0. The normalized spacial score (nSPS) is 12.6. The van der Waals surface area contributed by atoms with Crippen LogP contribution in [0.3, 0.4) is 0 Å². The fraction of sp³-hybridized carbons (Fsp3) is 0.667. The molecule has 1 unspecified atom stereocenters. The molecule has 1 atom stereocenters. The molecule has 1 rings (SSSR count). The lowest BCUT2D eigenvalue weighted by Crippen LogP contribution is -2.20. The first-order valence-corrected chi connectivity index (χ1v) is 9.92. The van der Waals surface area contributed by atoms with Crippen LogP contribution >= 0.6 is 31.9 Å². The van der Waals surface area contributed by atoms with Crippen molar-refractivity contribution in [2.24, 2.45) is 0 Å². The van der Waals surface area contributed by atoms with Crippen LogP contribution in [0.15, 0.2) is 27.1 Å². The van der Waals surface area contributed by atoms with Crippen molar-refractivity contribution in [1.29, 1.82) is 0 Å². The Balaban J connectivity index is 2.09. The van der Waals surface area contributed by atoms with Crippen LogP contribution in [-0.2, 0) is 0 Å². The minimum Gasteiger partial charge on any atom is -0.310 e. The Morgan fingerprint density at radius 3 is 2.19 bits per heavy atom. The zero-order chi connectivity index (χ0) is 15.5. The average molecular weight is 419 g/mol. The molecule has 0 fully saturated rings. The molecule has 0 saturated heterocycles. The van der Waals surface area contributed by atoms with E-state index in [2.05, 4.69) is 69.2 Å². The van der Waals surface area contributed by atoms with Gasteiger partial charge in [0.05, 0.1) is 0 Å². The molecule has 0 aliphatic heterocycles. The summed E-state index contributed by atoms with van der Waals surface area (Å²) in [6.07, 6.45) is 11.0. The van der Waals surface area contributed by atoms with E-state index in [9.17, 15) is 0 Å². The third-order valence-corrected chi connectivity index (χ3v) is 5.09. The van der Waals surface area contributed by atoms with Crippen LogP contribution in [0.4, 0.5) is 0 Å². The van der Waals surface area contributed by atoms with E-state index in [-0.39, 0.29) is 0 Å². The smallest absolute Gasteiger partial charge is 0.0302 e. The third-order valence-electron chi connectivity index (χ3n) is 3.91. The first-order valence-electron chi connectivity index (χ1n) is 8.33. The summed E-state index contributed by atoms with van der Waals surface area (Å²) in [6, 6.07) is 6.80. The summed E-state index contributed by atoms with van der Waals surface area (Å²) in [6.45, 7) is 5.62. The average Bonchev–Trinajstić information content (AvgIpc) is 2.45. The predicted molar refractivity (Wildman–Crippen MR) is 101 cm³/mol. The summed E-state index contributed by atoms with van der Waals surface area (Å²) >= 11 is 7.14. The van der Waals surface area contributed by atoms with Gasteiger partial charge in [0.2, 0.25) is 0 Å². The van der Waals surface area contributed by atoms with E-state index in [1.807, 2.05) is 0 Å². The van der Waals surface area contributed by atoms with E-state index in [0.29, 0.717) is 6.04 Å². The number of unbranched alkanes of at least 4 members (excludes halogenated alkanes) is 7. The number of benzene rings is 1. The van der Waals surface area contributed by atoms with Crippen molar-refractivity contribution in [2.45, 2.75) is 71.3 Å². The van der Waals surface area contributed by atoms with Crippen molar-refractivity contribution < 1.29 is 0 Å². The zero-order valence-corrected chi connectivity index (χ0v) is 16.6. The highest BCUT2D eigenvalue weighted by atomic mass is 79.9. The van der Waals surface area contributed by atoms with E-state index in [4.69, 9.17) is 0 Å². The maximum absolute atomic E-state index is 3.64. The van der Waals surface area contributed by atoms with Gasteiger partial charge in [-0.3, -0.25) is 0 Å². The molecular formula is C18H29Br2N. The summed E-state index contributed by atoms with van der Waals surface area (Å²) in [5.41, 5.74) is 1.33. The summed E-state index contributed by atoms with van der Waals surface area (Å²) in [7, 11) is 0. The number of hydrogen-bond donors (Lipinski definition) is 1. The van der Waals surface area contributed by atoms with Gasteiger partial charge in [-0.05, 0) is 37.6 Å². The molecule has 0 bridgehead atoms. The second kappa shape index (κ2) is 11.7. The Hall–Kier alpha value is 0.140. The Labute approximate surface area is 147 Å². The molecule has 0 spiro atoms. The van der Waals surface area contributed by atoms with Crippen LogP contribution in [0.1, 0.15) is 76.8 Å². The van der Waals surface area contributed by atoms with E-state index in [0.717, 1.165) is 11.0 Å². The van der Waals surface area contributed by atoms with Crippen LogP contribution in [-0.4, -0.2) is 6.54 Å². The molecule has 0 heterocycles. The van der Waals surface area contributed by atoms with Gasteiger partial charge in [0, 0.05) is 15.0 Å². The molecule has 0 amide bonds. The molecule has 21 heavy (non-hydrogen) atoms. The summed E-state index contributed by atoms with van der Waals surface area (Å²) in [5, 5.41) is 3.63. The van der Waals surface area contributed by atoms with Crippen LogP contribution in [0, 0.1) is 0 Å².